The molecule has 2 nitrogen and oxygen atoms in total. The molecule has 0 saturated carbocycles. The van der Waals surface area contributed by atoms with Crippen LogP contribution < -0.4 is 5.32 Å². The number of hydrogen-bond donors (Lipinski definition) is 1. The third kappa shape index (κ3) is 4.73. The van der Waals surface area contributed by atoms with Crippen LogP contribution in [-0.4, -0.2) is 4.57 Å². The van der Waals surface area contributed by atoms with Gasteiger partial charge in [0, 0.05) is 27.8 Å². The van der Waals surface area contributed by atoms with Crippen LogP contribution in [0, 0.1) is 0 Å². The summed E-state index contributed by atoms with van der Waals surface area (Å²) in [4.78, 5) is 0. The molecule has 0 amide bonds. The molecule has 1 N–H and O–H groups in total. The van der Waals surface area contributed by atoms with E-state index in [1.807, 2.05) is 6.07 Å². The van der Waals surface area contributed by atoms with Crippen LogP contribution in [-0.2, 0) is 0 Å². The van der Waals surface area contributed by atoms with Gasteiger partial charge in [-0.25, -0.2) is 0 Å². The van der Waals surface area contributed by atoms with Gasteiger partial charge < -0.3 is 9.88 Å². The normalized spacial score (nSPS) is 11.2. The molecule has 0 saturated heterocycles. The van der Waals surface area contributed by atoms with Gasteiger partial charge in [0.05, 0.1) is 11.0 Å². The van der Waals surface area contributed by atoms with Gasteiger partial charge in [-0.2, -0.15) is 0 Å². The molecule has 2 heteroatoms. The minimum absolute atomic E-state index is 1.06. The summed E-state index contributed by atoms with van der Waals surface area (Å²) in [5.41, 5.74) is 13.0. The summed E-state index contributed by atoms with van der Waals surface area (Å²) in [6, 6.07) is 62.7. The Morgan fingerprint density at radius 3 is 1.50 bits per heavy atom. The Kier molecular flexibility index (Phi) is 6.51. The van der Waals surface area contributed by atoms with Crippen molar-refractivity contribution in [1.29, 1.82) is 0 Å². The summed E-state index contributed by atoms with van der Waals surface area (Å²) in [6.45, 7) is 0. The van der Waals surface area contributed by atoms with Gasteiger partial charge in [-0.3, -0.25) is 0 Å². The third-order valence-corrected chi connectivity index (χ3v) is 8.40. The zero-order valence-corrected chi connectivity index (χ0v) is 24.2. The zero-order valence-electron chi connectivity index (χ0n) is 24.2. The van der Waals surface area contributed by atoms with E-state index in [-0.39, 0.29) is 0 Å². The predicted octanol–water partition coefficient (Wildman–Crippen LogP) is 11.5. The minimum atomic E-state index is 1.06. The summed E-state index contributed by atoms with van der Waals surface area (Å²) < 4.78 is 2.36. The van der Waals surface area contributed by atoms with E-state index in [9.17, 15) is 0 Å². The smallest absolute Gasteiger partial charge is 0.0541 e. The van der Waals surface area contributed by atoms with E-state index in [0.29, 0.717) is 0 Å². The largest absolute Gasteiger partial charge is 0.356 e. The molecule has 0 spiro atoms. The Balaban J connectivity index is 1.08. The van der Waals surface area contributed by atoms with Crippen molar-refractivity contribution in [1.82, 2.24) is 4.57 Å². The van der Waals surface area contributed by atoms with Crippen molar-refractivity contribution >= 4 is 33.2 Å². The topological polar surface area (TPSA) is 17.0 Å². The average Bonchev–Trinajstić information content (AvgIpc) is 3.44. The minimum Gasteiger partial charge on any atom is -0.356 e. The van der Waals surface area contributed by atoms with E-state index in [0.717, 1.165) is 17.1 Å². The summed E-state index contributed by atoms with van der Waals surface area (Å²) in [5, 5.41) is 6.14. The van der Waals surface area contributed by atoms with Crippen LogP contribution in [0.1, 0.15) is 0 Å². The van der Waals surface area contributed by atoms with Crippen molar-refractivity contribution in [3.8, 4) is 39.1 Å². The Hall–Kier alpha value is -5.86. The van der Waals surface area contributed by atoms with Gasteiger partial charge in [0.2, 0.25) is 0 Å². The van der Waals surface area contributed by atoms with Crippen LogP contribution in [0.2, 0.25) is 0 Å². The van der Waals surface area contributed by atoms with Crippen molar-refractivity contribution in [3.05, 3.63) is 176 Å². The van der Waals surface area contributed by atoms with Crippen molar-refractivity contribution in [3.63, 3.8) is 0 Å². The van der Waals surface area contributed by atoms with E-state index < -0.39 is 0 Å². The van der Waals surface area contributed by atoms with Gasteiger partial charge in [-0.1, -0.05) is 127 Å². The fourth-order valence-corrected chi connectivity index (χ4v) is 6.28. The molecule has 8 aromatic rings. The van der Waals surface area contributed by atoms with E-state index in [4.69, 9.17) is 0 Å². The number of rotatable bonds is 6. The monoisotopic (exact) mass is 562 g/mol. The number of anilines is 2. The molecule has 0 atom stereocenters. The number of hydrogen-bond acceptors (Lipinski definition) is 1. The van der Waals surface area contributed by atoms with E-state index in [2.05, 4.69) is 180 Å². The summed E-state index contributed by atoms with van der Waals surface area (Å²) >= 11 is 0. The first-order chi connectivity index (χ1) is 21.8. The number of fused-ring (bicyclic) bond motifs is 3. The fourth-order valence-electron chi connectivity index (χ4n) is 6.28. The lowest BCUT2D eigenvalue weighted by Crippen LogP contribution is -1.94. The molecule has 0 fully saturated rings. The molecule has 44 heavy (non-hydrogen) atoms. The molecule has 0 aliphatic heterocycles. The second-order valence-corrected chi connectivity index (χ2v) is 11.1. The average molecular weight is 563 g/mol. The maximum absolute atomic E-state index is 3.58. The Labute approximate surface area is 257 Å². The maximum Gasteiger partial charge on any atom is 0.0541 e. The van der Waals surface area contributed by atoms with Crippen LogP contribution in [0.3, 0.4) is 0 Å². The zero-order chi connectivity index (χ0) is 29.3. The lowest BCUT2D eigenvalue weighted by Gasteiger charge is -2.13. The van der Waals surface area contributed by atoms with Crippen LogP contribution >= 0.6 is 0 Å². The van der Waals surface area contributed by atoms with Crippen LogP contribution in [0.15, 0.2) is 176 Å². The number of benzene rings is 7. The molecule has 8 rings (SSSR count). The Morgan fingerprint density at radius 1 is 0.341 bits per heavy atom. The molecular weight excluding hydrogens is 532 g/mol. The highest BCUT2D eigenvalue weighted by Gasteiger charge is 2.12. The Morgan fingerprint density at radius 2 is 0.864 bits per heavy atom. The highest BCUT2D eigenvalue weighted by Crippen LogP contribution is 2.36. The van der Waals surface area contributed by atoms with Crippen LogP contribution in [0.4, 0.5) is 11.4 Å². The predicted molar refractivity (Wildman–Crippen MR) is 187 cm³/mol. The molecule has 7 aromatic carbocycles. The van der Waals surface area contributed by atoms with Crippen LogP contribution in [0.5, 0.6) is 0 Å². The fraction of sp³-hybridized carbons (Fsp3) is 0. The van der Waals surface area contributed by atoms with Crippen molar-refractivity contribution < 1.29 is 0 Å². The first-order valence-electron chi connectivity index (χ1n) is 15.0. The standard InChI is InChI=1S/C42H30N2/c1-2-11-30(12-3-1)33-13-10-14-35(29-33)43-34-25-21-31(22-26-34)37-15-4-5-16-38(37)32-23-27-36(28-24-32)44-41-19-8-6-17-39(41)40-18-7-9-20-42(40)44/h1-29,43H. The molecule has 208 valence electrons. The first-order valence-corrected chi connectivity index (χ1v) is 15.0. The lowest BCUT2D eigenvalue weighted by molar-refractivity contribution is 1.18. The van der Waals surface area contributed by atoms with Gasteiger partial charge in [-0.15, -0.1) is 0 Å². The molecule has 0 aliphatic carbocycles. The molecule has 0 aliphatic rings. The Bertz CT molecular complexity index is 2170. The summed E-state index contributed by atoms with van der Waals surface area (Å²) in [6.07, 6.45) is 0. The quantitative estimate of drug-likeness (QED) is 0.213. The second-order valence-electron chi connectivity index (χ2n) is 11.1. The van der Waals surface area contributed by atoms with Gasteiger partial charge in [-0.05, 0) is 81.9 Å². The van der Waals surface area contributed by atoms with Crippen molar-refractivity contribution in [2.45, 2.75) is 0 Å². The van der Waals surface area contributed by atoms with E-state index in [1.54, 1.807) is 0 Å². The number of nitrogens with zero attached hydrogens (tertiary/aromatic N) is 1. The molecule has 0 bridgehead atoms. The maximum atomic E-state index is 3.58. The molecule has 1 heterocycles. The van der Waals surface area contributed by atoms with E-state index in [1.165, 1.54) is 55.2 Å². The third-order valence-electron chi connectivity index (χ3n) is 8.40. The summed E-state index contributed by atoms with van der Waals surface area (Å²) in [5.74, 6) is 0. The van der Waals surface area contributed by atoms with Gasteiger partial charge >= 0.3 is 0 Å². The van der Waals surface area contributed by atoms with E-state index >= 15 is 0 Å². The van der Waals surface area contributed by atoms with Gasteiger partial charge in [0.15, 0.2) is 0 Å². The van der Waals surface area contributed by atoms with Gasteiger partial charge in [0.1, 0.15) is 0 Å². The second kappa shape index (κ2) is 11.1. The van der Waals surface area contributed by atoms with Crippen LogP contribution in [0.25, 0.3) is 60.9 Å². The molecular formula is C42H30N2. The molecule has 1 aromatic heterocycles. The van der Waals surface area contributed by atoms with Crippen molar-refractivity contribution in [2.75, 3.05) is 5.32 Å². The number of nitrogens with one attached hydrogen (secondary N) is 1. The number of aromatic nitrogens is 1. The van der Waals surface area contributed by atoms with Gasteiger partial charge in [0.25, 0.3) is 0 Å². The van der Waals surface area contributed by atoms with Crippen molar-refractivity contribution in [2.24, 2.45) is 0 Å². The summed E-state index contributed by atoms with van der Waals surface area (Å²) in [7, 11) is 0. The molecule has 0 radical (unpaired) electrons. The highest BCUT2D eigenvalue weighted by atomic mass is 15.0. The molecule has 0 unspecified atom stereocenters. The SMILES string of the molecule is c1ccc(-c2cccc(Nc3ccc(-c4ccccc4-c4ccc(-n5c6ccccc6c6ccccc65)cc4)cc3)c2)cc1. The lowest BCUT2D eigenvalue weighted by atomic mass is 9.94. The highest BCUT2D eigenvalue weighted by molar-refractivity contribution is 6.09. The number of para-hydroxylation sites is 2. The first kappa shape index (κ1) is 25.8.